The number of nitrogen functional groups attached to an aromatic ring is 1. The lowest BCUT2D eigenvalue weighted by atomic mass is 10.1. The van der Waals surface area contributed by atoms with Crippen LogP contribution in [0.25, 0.3) is 0 Å². The van der Waals surface area contributed by atoms with Crippen LogP contribution >= 0.6 is 22.6 Å². The fourth-order valence-corrected chi connectivity index (χ4v) is 2.67. The summed E-state index contributed by atoms with van der Waals surface area (Å²) >= 11 is 1.94. The maximum absolute atomic E-state index is 11.7. The SMILES string of the molecule is Nc1nc(=O)n([C@@H]2C[C@H](CO)[C@@H](O)[C@H]2O)cc1I. The molecule has 1 aromatic rings. The molecule has 1 heterocycles. The van der Waals surface area contributed by atoms with Gasteiger partial charge in [0.25, 0.3) is 0 Å². The predicted octanol–water partition coefficient (Wildman–Crippen LogP) is -1.29. The normalized spacial score (nSPS) is 31.8. The first kappa shape index (κ1) is 13.7. The number of aliphatic hydroxyl groups excluding tert-OH is 3. The number of rotatable bonds is 2. The molecule has 0 aliphatic heterocycles. The Morgan fingerprint density at radius 3 is 2.72 bits per heavy atom. The highest BCUT2D eigenvalue weighted by molar-refractivity contribution is 14.1. The van der Waals surface area contributed by atoms with Gasteiger partial charge in [0.2, 0.25) is 0 Å². The summed E-state index contributed by atoms with van der Waals surface area (Å²) in [5.74, 6) is -0.296. The van der Waals surface area contributed by atoms with E-state index >= 15 is 0 Å². The lowest BCUT2D eigenvalue weighted by Crippen LogP contribution is -2.35. The van der Waals surface area contributed by atoms with Crippen LogP contribution in [0.15, 0.2) is 11.0 Å². The van der Waals surface area contributed by atoms with Crippen molar-refractivity contribution in [2.24, 2.45) is 5.92 Å². The van der Waals surface area contributed by atoms with Gasteiger partial charge in [0.1, 0.15) is 11.9 Å². The molecule has 1 aromatic heterocycles. The summed E-state index contributed by atoms with van der Waals surface area (Å²) in [5.41, 5.74) is 4.95. The fraction of sp³-hybridized carbons (Fsp3) is 0.600. The summed E-state index contributed by atoms with van der Waals surface area (Å²) in [7, 11) is 0. The standard InChI is InChI=1S/C10H14IN3O4/c11-5-2-14(10(18)13-9(5)12)6-1-4(3-15)7(16)8(6)17/h2,4,6-8,15-17H,1,3H2,(H2,12,13,18)/t4-,6-,7-,8+/m1/s1. The maximum atomic E-state index is 11.7. The molecule has 0 bridgehead atoms. The van der Waals surface area contributed by atoms with Gasteiger partial charge in [0.15, 0.2) is 0 Å². The van der Waals surface area contributed by atoms with Crippen LogP contribution in [0.3, 0.4) is 0 Å². The molecular formula is C10H14IN3O4. The van der Waals surface area contributed by atoms with Crippen LogP contribution in [0.2, 0.25) is 0 Å². The van der Waals surface area contributed by atoms with E-state index in [1.54, 1.807) is 0 Å². The zero-order chi connectivity index (χ0) is 13.4. The van der Waals surface area contributed by atoms with Crippen molar-refractivity contribution in [1.29, 1.82) is 0 Å². The number of hydrogen-bond donors (Lipinski definition) is 4. The second-order valence-corrected chi connectivity index (χ2v) is 5.55. The highest BCUT2D eigenvalue weighted by Gasteiger charge is 2.42. The summed E-state index contributed by atoms with van der Waals surface area (Å²) in [6.07, 6.45) is -0.311. The molecule has 0 aromatic carbocycles. The van der Waals surface area contributed by atoms with Gasteiger partial charge in [-0.05, 0) is 29.0 Å². The highest BCUT2D eigenvalue weighted by Crippen LogP contribution is 2.34. The zero-order valence-electron chi connectivity index (χ0n) is 9.40. The topological polar surface area (TPSA) is 122 Å². The third-order valence-corrected chi connectivity index (χ3v) is 4.13. The van der Waals surface area contributed by atoms with Crippen LogP contribution in [-0.4, -0.2) is 43.7 Å². The summed E-state index contributed by atoms with van der Waals surface area (Å²) in [6, 6.07) is -0.591. The van der Waals surface area contributed by atoms with Gasteiger partial charge in [-0.3, -0.25) is 4.57 Å². The summed E-state index contributed by atoms with van der Waals surface area (Å²) in [4.78, 5) is 15.4. The molecule has 1 saturated carbocycles. The molecule has 0 spiro atoms. The van der Waals surface area contributed by atoms with Crippen molar-refractivity contribution in [3.05, 3.63) is 20.3 Å². The molecule has 8 heteroatoms. The van der Waals surface area contributed by atoms with E-state index in [2.05, 4.69) is 4.98 Å². The summed E-state index contributed by atoms with van der Waals surface area (Å²) < 4.78 is 1.86. The Hall–Kier alpha value is -0.710. The van der Waals surface area contributed by atoms with E-state index in [1.807, 2.05) is 22.6 Å². The predicted molar refractivity (Wildman–Crippen MR) is 71.9 cm³/mol. The van der Waals surface area contributed by atoms with E-state index in [0.29, 0.717) is 9.99 Å². The number of anilines is 1. The first-order chi connectivity index (χ1) is 8.45. The van der Waals surface area contributed by atoms with Gasteiger partial charge in [0, 0.05) is 18.7 Å². The molecule has 1 fully saturated rings. The highest BCUT2D eigenvalue weighted by atomic mass is 127. The Morgan fingerprint density at radius 1 is 1.50 bits per heavy atom. The van der Waals surface area contributed by atoms with Crippen molar-refractivity contribution < 1.29 is 15.3 Å². The molecule has 0 amide bonds. The molecule has 0 radical (unpaired) electrons. The van der Waals surface area contributed by atoms with Crippen LogP contribution in [0.4, 0.5) is 5.82 Å². The number of aliphatic hydroxyl groups is 3. The quantitative estimate of drug-likeness (QED) is 0.483. The van der Waals surface area contributed by atoms with Crippen LogP contribution in [-0.2, 0) is 0 Å². The lowest BCUT2D eigenvalue weighted by molar-refractivity contribution is -0.00455. The smallest absolute Gasteiger partial charge is 0.349 e. The van der Waals surface area contributed by atoms with E-state index in [9.17, 15) is 15.0 Å². The van der Waals surface area contributed by atoms with Crippen molar-refractivity contribution in [3.8, 4) is 0 Å². The van der Waals surface area contributed by atoms with Gasteiger partial charge >= 0.3 is 5.69 Å². The van der Waals surface area contributed by atoms with E-state index in [1.165, 1.54) is 10.8 Å². The average molecular weight is 367 g/mol. The minimum Gasteiger partial charge on any atom is -0.396 e. The van der Waals surface area contributed by atoms with Crippen LogP contribution in [0.1, 0.15) is 12.5 Å². The molecule has 1 aliphatic carbocycles. The van der Waals surface area contributed by atoms with E-state index in [-0.39, 0.29) is 12.4 Å². The third-order valence-electron chi connectivity index (χ3n) is 3.30. The Kier molecular flexibility index (Phi) is 3.90. The number of aromatic nitrogens is 2. The largest absolute Gasteiger partial charge is 0.396 e. The Morgan fingerprint density at radius 2 is 2.17 bits per heavy atom. The second-order valence-electron chi connectivity index (χ2n) is 4.39. The second kappa shape index (κ2) is 5.11. The van der Waals surface area contributed by atoms with Gasteiger partial charge in [-0.2, -0.15) is 4.98 Å². The van der Waals surface area contributed by atoms with Gasteiger partial charge in [-0.1, -0.05) is 0 Å². The number of hydrogen-bond acceptors (Lipinski definition) is 6. The van der Waals surface area contributed by atoms with Crippen molar-refractivity contribution in [2.45, 2.75) is 24.7 Å². The van der Waals surface area contributed by atoms with Gasteiger partial charge < -0.3 is 21.1 Å². The first-order valence-electron chi connectivity index (χ1n) is 5.47. The number of nitrogens with zero attached hydrogens (tertiary/aromatic N) is 2. The molecule has 0 saturated heterocycles. The zero-order valence-corrected chi connectivity index (χ0v) is 11.6. The van der Waals surface area contributed by atoms with E-state index < -0.39 is 29.9 Å². The van der Waals surface area contributed by atoms with Crippen molar-refractivity contribution in [3.63, 3.8) is 0 Å². The lowest BCUT2D eigenvalue weighted by Gasteiger charge is -2.19. The Labute approximate surface area is 116 Å². The molecule has 100 valence electrons. The molecule has 2 rings (SSSR count). The molecular weight excluding hydrogens is 353 g/mol. The molecule has 1 aliphatic rings. The van der Waals surface area contributed by atoms with Gasteiger partial charge in [-0.25, -0.2) is 4.79 Å². The maximum Gasteiger partial charge on any atom is 0.349 e. The van der Waals surface area contributed by atoms with Crippen LogP contribution < -0.4 is 11.4 Å². The van der Waals surface area contributed by atoms with E-state index in [4.69, 9.17) is 10.8 Å². The summed E-state index contributed by atoms with van der Waals surface area (Å²) in [6.45, 7) is -0.233. The Balaban J connectivity index is 2.39. The first-order valence-corrected chi connectivity index (χ1v) is 6.54. The molecule has 0 unspecified atom stereocenters. The Bertz CT molecular complexity index is 506. The van der Waals surface area contributed by atoms with Gasteiger partial charge in [0.05, 0.1) is 15.7 Å². The van der Waals surface area contributed by atoms with Gasteiger partial charge in [-0.15, -0.1) is 0 Å². The van der Waals surface area contributed by atoms with Crippen LogP contribution in [0.5, 0.6) is 0 Å². The molecule has 7 nitrogen and oxygen atoms in total. The monoisotopic (exact) mass is 367 g/mol. The van der Waals surface area contributed by atoms with Crippen molar-refractivity contribution in [1.82, 2.24) is 9.55 Å². The third kappa shape index (κ3) is 2.25. The number of nitrogens with two attached hydrogens (primary N) is 1. The minimum absolute atomic E-state index is 0.142. The van der Waals surface area contributed by atoms with E-state index in [0.717, 1.165) is 0 Å². The molecule has 5 N–H and O–H groups in total. The fourth-order valence-electron chi connectivity index (χ4n) is 2.25. The van der Waals surface area contributed by atoms with Crippen molar-refractivity contribution >= 4 is 28.4 Å². The molecule has 18 heavy (non-hydrogen) atoms. The van der Waals surface area contributed by atoms with Crippen LogP contribution in [0, 0.1) is 9.49 Å². The summed E-state index contributed by atoms with van der Waals surface area (Å²) in [5, 5.41) is 28.7. The van der Waals surface area contributed by atoms with Crippen molar-refractivity contribution in [2.75, 3.05) is 12.3 Å². The minimum atomic E-state index is -1.10. The average Bonchev–Trinajstić information content (AvgIpc) is 2.61. The number of halogens is 1. The molecule has 4 atom stereocenters.